The van der Waals surface area contributed by atoms with Crippen molar-refractivity contribution < 1.29 is 23.0 Å². The molecule has 1 aromatic rings. The molecular weight excluding hydrogens is 309 g/mol. The lowest BCUT2D eigenvalue weighted by Crippen LogP contribution is -2.49. The van der Waals surface area contributed by atoms with E-state index >= 15 is 0 Å². The van der Waals surface area contributed by atoms with Crippen molar-refractivity contribution >= 4 is 16.5 Å². The van der Waals surface area contributed by atoms with Gasteiger partial charge in [-0.3, -0.25) is 4.90 Å². The van der Waals surface area contributed by atoms with Gasteiger partial charge in [-0.1, -0.05) is 11.3 Å². The van der Waals surface area contributed by atoms with E-state index in [1.54, 1.807) is 6.92 Å². The predicted octanol–water partition coefficient (Wildman–Crippen LogP) is 1.05. The molecule has 0 spiro atoms. The number of aliphatic hydroxyl groups is 1. The highest BCUT2D eigenvalue weighted by Gasteiger charge is 2.36. The van der Waals surface area contributed by atoms with Gasteiger partial charge in [0.1, 0.15) is 0 Å². The van der Waals surface area contributed by atoms with Gasteiger partial charge in [0.25, 0.3) is 0 Å². The van der Waals surface area contributed by atoms with Gasteiger partial charge in [0.05, 0.1) is 18.8 Å². The molecule has 6 nitrogen and oxygen atoms in total. The summed E-state index contributed by atoms with van der Waals surface area (Å²) in [6.07, 6.45) is -4.49. The summed E-state index contributed by atoms with van der Waals surface area (Å²) in [7, 11) is 0. The monoisotopic (exact) mass is 326 g/mol. The summed E-state index contributed by atoms with van der Waals surface area (Å²) in [6, 6.07) is 0. The van der Waals surface area contributed by atoms with Crippen molar-refractivity contribution in [2.24, 2.45) is 0 Å². The number of ether oxygens (including phenoxy) is 1. The summed E-state index contributed by atoms with van der Waals surface area (Å²) < 4.78 is 42.4. The molecule has 120 valence electrons. The molecule has 0 aromatic carbocycles. The van der Waals surface area contributed by atoms with Gasteiger partial charge in [0.2, 0.25) is 10.1 Å². The molecule has 21 heavy (non-hydrogen) atoms. The molecule has 0 amide bonds. The molecular formula is C11H17F3N4O2S. The second-order valence-corrected chi connectivity index (χ2v) is 6.13. The zero-order chi connectivity index (χ0) is 15.5. The van der Waals surface area contributed by atoms with Crippen LogP contribution in [0.1, 0.15) is 11.9 Å². The van der Waals surface area contributed by atoms with Crippen LogP contribution in [0.3, 0.4) is 0 Å². The Morgan fingerprint density at radius 3 is 2.57 bits per heavy atom. The molecule has 1 aliphatic rings. The molecule has 0 aliphatic carbocycles. The summed E-state index contributed by atoms with van der Waals surface area (Å²) in [5, 5.41) is 18.5. The first kappa shape index (κ1) is 16.4. The number of anilines is 1. The topological polar surface area (TPSA) is 70.5 Å². The lowest BCUT2D eigenvalue weighted by atomic mass is 10.1. The number of hydrogen-bond acceptors (Lipinski definition) is 7. The summed E-state index contributed by atoms with van der Waals surface area (Å²) in [5.74, 6) is 0. The predicted molar refractivity (Wildman–Crippen MR) is 71.3 cm³/mol. The van der Waals surface area contributed by atoms with Crippen LogP contribution in [-0.4, -0.2) is 65.2 Å². The molecule has 1 aromatic heterocycles. The van der Waals surface area contributed by atoms with Crippen LogP contribution in [-0.2, 0) is 10.9 Å². The molecule has 1 saturated heterocycles. The Balaban J connectivity index is 1.84. The van der Waals surface area contributed by atoms with Gasteiger partial charge < -0.3 is 15.2 Å². The van der Waals surface area contributed by atoms with Gasteiger partial charge in [-0.2, -0.15) is 13.2 Å². The van der Waals surface area contributed by atoms with Crippen LogP contribution in [0.5, 0.6) is 0 Å². The Bertz CT molecular complexity index is 461. The number of nitrogens with one attached hydrogen (secondary N) is 1. The van der Waals surface area contributed by atoms with Crippen LogP contribution in [0.15, 0.2) is 0 Å². The standard InChI is InChI=1S/C11H17F3N4O2S/c1-10(19,7-18-2-4-20-5-3-18)6-15-9-17-16-8(21-9)11(12,13)14/h19H,2-7H2,1H3,(H,15,17). The molecule has 2 N–H and O–H groups in total. The summed E-state index contributed by atoms with van der Waals surface area (Å²) >= 11 is 0.424. The number of hydrogen-bond donors (Lipinski definition) is 2. The Labute approximate surface area is 123 Å². The van der Waals surface area contributed by atoms with Gasteiger partial charge in [-0.25, -0.2) is 0 Å². The molecule has 1 fully saturated rings. The number of nitrogens with zero attached hydrogens (tertiary/aromatic N) is 3. The third-order valence-corrected chi connectivity index (χ3v) is 3.88. The summed E-state index contributed by atoms with van der Waals surface area (Å²) in [6.45, 7) is 4.83. The zero-order valence-electron chi connectivity index (χ0n) is 11.5. The normalized spacial score (nSPS) is 20.2. The highest BCUT2D eigenvalue weighted by molar-refractivity contribution is 7.15. The molecule has 0 bridgehead atoms. The molecule has 0 saturated carbocycles. The van der Waals surface area contributed by atoms with E-state index in [0.29, 0.717) is 31.1 Å². The molecule has 10 heteroatoms. The SMILES string of the molecule is CC(O)(CNc1nnc(C(F)(F)F)s1)CN1CCOCC1. The van der Waals surface area contributed by atoms with Crippen molar-refractivity contribution in [3.8, 4) is 0 Å². The van der Waals surface area contributed by atoms with Gasteiger partial charge in [0, 0.05) is 26.2 Å². The van der Waals surface area contributed by atoms with Crippen molar-refractivity contribution in [2.75, 3.05) is 44.7 Å². The minimum Gasteiger partial charge on any atom is -0.387 e. The van der Waals surface area contributed by atoms with Crippen molar-refractivity contribution in [3.05, 3.63) is 5.01 Å². The van der Waals surface area contributed by atoms with Crippen molar-refractivity contribution in [1.29, 1.82) is 0 Å². The minimum absolute atomic E-state index is 0.0459. The van der Waals surface area contributed by atoms with Gasteiger partial charge in [-0.05, 0) is 6.92 Å². The van der Waals surface area contributed by atoms with Gasteiger partial charge >= 0.3 is 6.18 Å². The average Bonchev–Trinajstić information content (AvgIpc) is 2.86. The van der Waals surface area contributed by atoms with E-state index in [4.69, 9.17) is 4.74 Å². The van der Waals surface area contributed by atoms with Crippen LogP contribution >= 0.6 is 11.3 Å². The molecule has 1 atom stereocenters. The van der Waals surface area contributed by atoms with Crippen molar-refractivity contribution in [1.82, 2.24) is 15.1 Å². The fraction of sp³-hybridized carbons (Fsp3) is 0.818. The molecule has 1 unspecified atom stereocenters. The number of morpholine rings is 1. The first-order valence-corrected chi connectivity index (χ1v) is 7.25. The second kappa shape index (κ2) is 6.42. The maximum absolute atomic E-state index is 12.4. The number of halogens is 3. The number of alkyl halides is 3. The minimum atomic E-state index is -4.49. The highest BCUT2D eigenvalue weighted by Crippen LogP contribution is 2.33. The van der Waals surface area contributed by atoms with Gasteiger partial charge in [0.15, 0.2) is 0 Å². The Kier molecular flexibility index (Phi) is 5.02. The smallest absolute Gasteiger partial charge is 0.387 e. The highest BCUT2D eigenvalue weighted by atomic mass is 32.1. The van der Waals surface area contributed by atoms with E-state index in [-0.39, 0.29) is 11.7 Å². The van der Waals surface area contributed by atoms with Gasteiger partial charge in [-0.15, -0.1) is 10.2 Å². The Morgan fingerprint density at radius 2 is 2.00 bits per heavy atom. The Hall–Kier alpha value is -0.970. The van der Waals surface area contributed by atoms with E-state index < -0.39 is 16.8 Å². The third kappa shape index (κ3) is 5.06. The molecule has 2 heterocycles. The van der Waals surface area contributed by atoms with Crippen LogP contribution in [0.2, 0.25) is 0 Å². The third-order valence-electron chi connectivity index (χ3n) is 2.96. The largest absolute Gasteiger partial charge is 0.445 e. The first-order chi connectivity index (χ1) is 9.76. The Morgan fingerprint density at radius 1 is 1.33 bits per heavy atom. The molecule has 1 aliphatic heterocycles. The molecule has 0 radical (unpaired) electrons. The average molecular weight is 326 g/mol. The fourth-order valence-corrected chi connectivity index (χ4v) is 2.58. The summed E-state index contributed by atoms with van der Waals surface area (Å²) in [4.78, 5) is 2.05. The number of rotatable bonds is 5. The number of aromatic nitrogens is 2. The van der Waals surface area contributed by atoms with Crippen LogP contribution in [0.4, 0.5) is 18.3 Å². The van der Waals surface area contributed by atoms with Crippen LogP contribution in [0, 0.1) is 0 Å². The summed E-state index contributed by atoms with van der Waals surface area (Å²) in [5.41, 5.74) is -1.08. The van der Waals surface area contributed by atoms with E-state index in [1.807, 2.05) is 4.90 Å². The van der Waals surface area contributed by atoms with E-state index in [0.717, 1.165) is 13.1 Å². The van der Waals surface area contributed by atoms with E-state index in [9.17, 15) is 18.3 Å². The zero-order valence-corrected chi connectivity index (χ0v) is 12.3. The maximum atomic E-state index is 12.4. The number of β-amino-alcohol motifs (C(OH)–C–C–N with tert-alkyl or cyclic N) is 1. The molecule has 2 rings (SSSR count). The fourth-order valence-electron chi connectivity index (χ4n) is 1.97. The maximum Gasteiger partial charge on any atom is 0.445 e. The van der Waals surface area contributed by atoms with E-state index in [1.165, 1.54) is 0 Å². The van der Waals surface area contributed by atoms with Crippen molar-refractivity contribution in [3.63, 3.8) is 0 Å². The lowest BCUT2D eigenvalue weighted by molar-refractivity contribution is -0.138. The second-order valence-electron chi connectivity index (χ2n) is 5.15. The quantitative estimate of drug-likeness (QED) is 0.843. The van der Waals surface area contributed by atoms with Crippen molar-refractivity contribution in [2.45, 2.75) is 18.7 Å². The van der Waals surface area contributed by atoms with E-state index in [2.05, 4.69) is 15.5 Å². The van der Waals surface area contributed by atoms with Crippen LogP contribution < -0.4 is 5.32 Å². The van der Waals surface area contributed by atoms with Crippen LogP contribution in [0.25, 0.3) is 0 Å². The lowest BCUT2D eigenvalue weighted by Gasteiger charge is -2.33. The first-order valence-electron chi connectivity index (χ1n) is 6.43.